The third-order valence-corrected chi connectivity index (χ3v) is 5.42. The summed E-state index contributed by atoms with van der Waals surface area (Å²) in [7, 11) is 1.89. The van der Waals surface area contributed by atoms with Crippen LogP contribution in [-0.4, -0.2) is 43.6 Å². The summed E-state index contributed by atoms with van der Waals surface area (Å²) in [6.07, 6.45) is 3.54. The lowest BCUT2D eigenvalue weighted by atomic mass is 10.1. The number of aromatic nitrogens is 3. The van der Waals surface area contributed by atoms with Crippen molar-refractivity contribution in [1.29, 1.82) is 0 Å². The van der Waals surface area contributed by atoms with E-state index < -0.39 is 0 Å². The van der Waals surface area contributed by atoms with Crippen LogP contribution >= 0.6 is 11.3 Å². The number of carbonyl (C=O) groups is 1. The minimum atomic E-state index is -0.131. The molecule has 6 nitrogen and oxygen atoms in total. The molecule has 3 aromatic rings. The van der Waals surface area contributed by atoms with Gasteiger partial charge in [0.2, 0.25) is 0 Å². The fourth-order valence-corrected chi connectivity index (χ4v) is 3.57. The van der Waals surface area contributed by atoms with E-state index in [1.807, 2.05) is 49.9 Å². The molecular weight excluding hydrogens is 348 g/mol. The Morgan fingerprint density at radius 1 is 1.35 bits per heavy atom. The van der Waals surface area contributed by atoms with Crippen molar-refractivity contribution in [3.8, 4) is 10.6 Å². The van der Waals surface area contributed by atoms with Gasteiger partial charge < -0.3 is 14.6 Å². The molecule has 0 aliphatic rings. The molecule has 1 aromatic carbocycles. The molecule has 0 atom stereocenters. The van der Waals surface area contributed by atoms with Gasteiger partial charge in [-0.15, -0.1) is 11.3 Å². The number of rotatable bonds is 6. The van der Waals surface area contributed by atoms with Crippen LogP contribution in [0.4, 0.5) is 0 Å². The van der Waals surface area contributed by atoms with Gasteiger partial charge in [-0.2, -0.15) is 0 Å². The minimum Gasteiger partial charge on any atom is -0.395 e. The quantitative estimate of drug-likeness (QED) is 0.724. The smallest absolute Gasteiger partial charge is 0.254 e. The van der Waals surface area contributed by atoms with E-state index in [-0.39, 0.29) is 19.1 Å². The summed E-state index contributed by atoms with van der Waals surface area (Å²) >= 11 is 1.62. The molecule has 7 heteroatoms. The molecule has 0 spiro atoms. The number of aliphatic hydroxyl groups is 1. The van der Waals surface area contributed by atoms with Gasteiger partial charge in [-0.1, -0.05) is 12.1 Å². The Balaban J connectivity index is 1.87. The van der Waals surface area contributed by atoms with Crippen LogP contribution in [0.25, 0.3) is 10.6 Å². The van der Waals surface area contributed by atoms with Crippen LogP contribution < -0.4 is 0 Å². The highest BCUT2D eigenvalue weighted by Crippen LogP contribution is 2.28. The first kappa shape index (κ1) is 18.3. The predicted octanol–water partition coefficient (Wildman–Crippen LogP) is 2.80. The number of aryl methyl sites for hydroxylation is 3. The van der Waals surface area contributed by atoms with Crippen LogP contribution in [-0.2, 0) is 13.6 Å². The maximum Gasteiger partial charge on any atom is 0.254 e. The monoisotopic (exact) mass is 370 g/mol. The Hall–Kier alpha value is -2.51. The third-order valence-electron chi connectivity index (χ3n) is 4.30. The van der Waals surface area contributed by atoms with Crippen LogP contribution in [0.2, 0.25) is 0 Å². The molecule has 26 heavy (non-hydrogen) atoms. The second-order valence-corrected chi connectivity index (χ2v) is 7.35. The van der Waals surface area contributed by atoms with Crippen molar-refractivity contribution in [1.82, 2.24) is 19.4 Å². The van der Waals surface area contributed by atoms with Crippen molar-refractivity contribution in [2.24, 2.45) is 7.05 Å². The number of carbonyl (C=O) groups excluding carboxylic acids is 1. The van der Waals surface area contributed by atoms with Crippen molar-refractivity contribution in [3.05, 3.63) is 58.6 Å². The zero-order chi connectivity index (χ0) is 18.7. The van der Waals surface area contributed by atoms with Gasteiger partial charge in [0.15, 0.2) is 0 Å². The molecule has 0 saturated carbocycles. The van der Waals surface area contributed by atoms with Crippen LogP contribution in [0.3, 0.4) is 0 Å². The van der Waals surface area contributed by atoms with E-state index in [0.29, 0.717) is 12.1 Å². The largest absolute Gasteiger partial charge is 0.395 e. The summed E-state index contributed by atoms with van der Waals surface area (Å²) in [6, 6.07) is 7.49. The van der Waals surface area contributed by atoms with E-state index in [1.54, 1.807) is 28.5 Å². The van der Waals surface area contributed by atoms with Crippen LogP contribution in [0.5, 0.6) is 0 Å². The second-order valence-electron chi connectivity index (χ2n) is 6.15. The van der Waals surface area contributed by atoms with Crippen LogP contribution in [0.15, 0.2) is 36.7 Å². The summed E-state index contributed by atoms with van der Waals surface area (Å²) in [5, 5.41) is 10.3. The summed E-state index contributed by atoms with van der Waals surface area (Å²) in [4.78, 5) is 24.6. The first-order chi connectivity index (χ1) is 12.5. The summed E-state index contributed by atoms with van der Waals surface area (Å²) in [6.45, 7) is 4.54. The lowest BCUT2D eigenvalue weighted by Crippen LogP contribution is -2.34. The molecule has 2 aromatic heterocycles. The molecule has 0 aliphatic carbocycles. The van der Waals surface area contributed by atoms with Gasteiger partial charge in [0, 0.05) is 42.0 Å². The maximum atomic E-state index is 13.0. The second kappa shape index (κ2) is 7.80. The van der Waals surface area contributed by atoms with E-state index in [4.69, 9.17) is 0 Å². The summed E-state index contributed by atoms with van der Waals surface area (Å²) < 4.78 is 1.87. The fourth-order valence-electron chi connectivity index (χ4n) is 2.66. The normalized spacial score (nSPS) is 10.9. The van der Waals surface area contributed by atoms with Gasteiger partial charge in [0.1, 0.15) is 10.8 Å². The number of hydrogen-bond donors (Lipinski definition) is 1. The topological polar surface area (TPSA) is 71.2 Å². The van der Waals surface area contributed by atoms with Gasteiger partial charge in [-0.25, -0.2) is 9.97 Å². The van der Waals surface area contributed by atoms with Crippen molar-refractivity contribution in [3.63, 3.8) is 0 Å². The zero-order valence-corrected chi connectivity index (χ0v) is 16.0. The average Bonchev–Trinajstić information content (AvgIpc) is 3.19. The molecule has 1 amide bonds. The number of benzene rings is 1. The lowest BCUT2D eigenvalue weighted by Gasteiger charge is -2.21. The fraction of sp³-hybridized carbons (Fsp3) is 0.316. The van der Waals surface area contributed by atoms with Gasteiger partial charge in [-0.3, -0.25) is 4.79 Å². The van der Waals surface area contributed by atoms with E-state index >= 15 is 0 Å². The molecule has 1 N–H and O–H groups in total. The van der Waals surface area contributed by atoms with E-state index in [0.717, 1.165) is 22.1 Å². The highest BCUT2D eigenvalue weighted by atomic mass is 32.1. The van der Waals surface area contributed by atoms with Gasteiger partial charge in [-0.05, 0) is 26.0 Å². The molecule has 0 aliphatic heterocycles. The Labute approximate surface area is 156 Å². The number of imidazole rings is 1. The van der Waals surface area contributed by atoms with Crippen LogP contribution in [0.1, 0.15) is 26.8 Å². The third kappa shape index (κ3) is 3.84. The Morgan fingerprint density at radius 2 is 2.15 bits per heavy atom. The SMILES string of the molecule is Cc1nc(-c2cccc(C(=O)N(CCO)Cc3nccn3C)c2)sc1C. The molecule has 0 unspecified atom stereocenters. The molecule has 0 fully saturated rings. The molecule has 0 radical (unpaired) electrons. The van der Waals surface area contributed by atoms with Crippen molar-refractivity contribution >= 4 is 17.2 Å². The summed E-state index contributed by atoms with van der Waals surface area (Å²) in [5.41, 5.74) is 2.52. The molecule has 3 rings (SSSR count). The van der Waals surface area contributed by atoms with Gasteiger partial charge >= 0.3 is 0 Å². The van der Waals surface area contributed by atoms with Crippen molar-refractivity contribution < 1.29 is 9.90 Å². The number of amides is 1. The molecule has 0 saturated heterocycles. The molecule has 2 heterocycles. The highest BCUT2D eigenvalue weighted by Gasteiger charge is 2.18. The lowest BCUT2D eigenvalue weighted by molar-refractivity contribution is 0.0701. The van der Waals surface area contributed by atoms with E-state index in [9.17, 15) is 9.90 Å². The summed E-state index contributed by atoms with van der Waals surface area (Å²) in [5.74, 6) is 0.642. The zero-order valence-electron chi connectivity index (χ0n) is 15.1. The minimum absolute atomic E-state index is 0.0965. The van der Waals surface area contributed by atoms with Gasteiger partial charge in [0.05, 0.1) is 18.8 Å². The van der Waals surface area contributed by atoms with Crippen LogP contribution in [0, 0.1) is 13.8 Å². The standard InChI is InChI=1S/C19H22N4O2S/c1-13-14(2)26-18(21-13)15-5-4-6-16(11-15)19(25)23(9-10-24)12-17-20-7-8-22(17)3/h4-8,11,24H,9-10,12H2,1-3H3. The molecule has 136 valence electrons. The first-order valence-electron chi connectivity index (χ1n) is 8.40. The number of nitrogens with zero attached hydrogens (tertiary/aromatic N) is 4. The Morgan fingerprint density at radius 3 is 2.77 bits per heavy atom. The Kier molecular flexibility index (Phi) is 5.49. The molecule has 0 bridgehead atoms. The van der Waals surface area contributed by atoms with E-state index in [1.165, 1.54) is 4.88 Å². The van der Waals surface area contributed by atoms with E-state index in [2.05, 4.69) is 9.97 Å². The predicted molar refractivity (Wildman–Crippen MR) is 102 cm³/mol. The van der Waals surface area contributed by atoms with Crippen molar-refractivity contribution in [2.75, 3.05) is 13.2 Å². The Bertz CT molecular complexity index is 896. The van der Waals surface area contributed by atoms with Gasteiger partial charge in [0.25, 0.3) is 5.91 Å². The maximum absolute atomic E-state index is 13.0. The molecular formula is C19H22N4O2S. The number of hydrogen-bond acceptors (Lipinski definition) is 5. The highest BCUT2D eigenvalue weighted by molar-refractivity contribution is 7.15. The van der Waals surface area contributed by atoms with Crippen molar-refractivity contribution in [2.45, 2.75) is 20.4 Å². The first-order valence-corrected chi connectivity index (χ1v) is 9.22. The number of aliphatic hydroxyl groups excluding tert-OH is 1. The average molecular weight is 370 g/mol. The number of thiazole rings is 1.